The number of carbonyl (C=O) groups is 1. The molecule has 0 bridgehead atoms. The van der Waals surface area contributed by atoms with Gasteiger partial charge in [-0.2, -0.15) is 0 Å². The smallest absolute Gasteiger partial charge is 0.321 e. The molecule has 0 spiro atoms. The summed E-state index contributed by atoms with van der Waals surface area (Å²) in [5.74, 6) is 0.950. The molecular weight excluding hydrogens is 495 g/mol. The molecule has 1 fully saturated rings. The van der Waals surface area contributed by atoms with Crippen LogP contribution in [0.2, 0.25) is 10.0 Å². The molecular formula is C23H18Cl2N6O2S. The first kappa shape index (κ1) is 22.5. The number of nitrogens with zero attached hydrogens (tertiary/aromatic N) is 4. The van der Waals surface area contributed by atoms with E-state index in [1.807, 2.05) is 18.2 Å². The minimum Gasteiger partial charge on any atom is -0.497 e. The molecule has 1 saturated carbocycles. The van der Waals surface area contributed by atoms with E-state index in [1.165, 1.54) is 11.3 Å². The van der Waals surface area contributed by atoms with Gasteiger partial charge in [-0.3, -0.25) is 10.3 Å². The summed E-state index contributed by atoms with van der Waals surface area (Å²) in [6.07, 6.45) is 5.34. The lowest BCUT2D eigenvalue weighted by Crippen LogP contribution is -2.30. The number of thiazole rings is 1. The molecule has 3 aromatic heterocycles. The van der Waals surface area contributed by atoms with Gasteiger partial charge in [0.2, 0.25) is 0 Å². The standard InChI is InChI=1S/C23H18Cl2N6O2S/c1-33-13-8-14(24)20(15(25)9-13)18-10-17(29-21(30-18)16-4-2-3-7-26-16)19-11-27-23(34-19)31-22(32)28-12-5-6-12/h2-4,7-12H,5-6H2,1H3,(H2,27,28,31,32). The highest BCUT2D eigenvalue weighted by atomic mass is 35.5. The molecule has 0 radical (unpaired) electrons. The summed E-state index contributed by atoms with van der Waals surface area (Å²) in [6, 6.07) is 10.6. The summed E-state index contributed by atoms with van der Waals surface area (Å²) in [5, 5.41) is 6.90. The number of carbonyl (C=O) groups excluding carboxylic acids is 1. The number of amides is 2. The normalized spacial score (nSPS) is 12.9. The van der Waals surface area contributed by atoms with E-state index in [1.54, 1.807) is 37.7 Å². The fourth-order valence-electron chi connectivity index (χ4n) is 3.22. The second kappa shape index (κ2) is 9.54. The van der Waals surface area contributed by atoms with Crippen molar-refractivity contribution in [2.24, 2.45) is 0 Å². The molecule has 1 aliphatic carbocycles. The Morgan fingerprint density at radius 3 is 2.50 bits per heavy atom. The van der Waals surface area contributed by atoms with Crippen molar-refractivity contribution in [3.05, 3.63) is 58.8 Å². The number of hydrogen-bond donors (Lipinski definition) is 2. The number of benzene rings is 1. The molecule has 8 nitrogen and oxygen atoms in total. The van der Waals surface area contributed by atoms with E-state index in [2.05, 4.69) is 20.6 Å². The number of nitrogens with one attached hydrogen (secondary N) is 2. The van der Waals surface area contributed by atoms with E-state index in [9.17, 15) is 4.79 Å². The predicted octanol–water partition coefficient (Wildman–Crippen LogP) is 5.93. The third-order valence-electron chi connectivity index (χ3n) is 5.02. The third-order valence-corrected chi connectivity index (χ3v) is 6.55. The van der Waals surface area contributed by atoms with Crippen LogP contribution in [0.4, 0.5) is 9.93 Å². The number of rotatable bonds is 6. The molecule has 5 rings (SSSR count). The van der Waals surface area contributed by atoms with Crippen LogP contribution >= 0.6 is 34.5 Å². The van der Waals surface area contributed by atoms with Gasteiger partial charge in [0.05, 0.1) is 33.4 Å². The van der Waals surface area contributed by atoms with E-state index >= 15 is 0 Å². The molecule has 0 atom stereocenters. The first-order chi connectivity index (χ1) is 16.5. The molecule has 2 amide bonds. The lowest BCUT2D eigenvalue weighted by molar-refractivity contribution is 0.251. The van der Waals surface area contributed by atoms with Gasteiger partial charge in [-0.1, -0.05) is 40.6 Å². The van der Waals surface area contributed by atoms with Gasteiger partial charge >= 0.3 is 6.03 Å². The Kier molecular flexibility index (Phi) is 6.32. The molecule has 1 aliphatic rings. The predicted molar refractivity (Wildman–Crippen MR) is 134 cm³/mol. The Morgan fingerprint density at radius 1 is 1.06 bits per heavy atom. The molecule has 34 heavy (non-hydrogen) atoms. The Balaban J connectivity index is 1.56. The van der Waals surface area contributed by atoms with Crippen molar-refractivity contribution in [1.82, 2.24) is 25.3 Å². The van der Waals surface area contributed by atoms with Crippen LogP contribution in [0.15, 0.2) is 48.8 Å². The average molecular weight is 513 g/mol. The number of anilines is 1. The van der Waals surface area contributed by atoms with Gasteiger partial charge in [-0.05, 0) is 43.2 Å². The van der Waals surface area contributed by atoms with E-state index in [0.717, 1.165) is 17.7 Å². The van der Waals surface area contributed by atoms with Gasteiger partial charge in [0.25, 0.3) is 0 Å². The van der Waals surface area contributed by atoms with Crippen molar-refractivity contribution in [2.75, 3.05) is 12.4 Å². The number of pyridine rings is 1. The number of methoxy groups -OCH3 is 1. The summed E-state index contributed by atoms with van der Waals surface area (Å²) in [7, 11) is 1.55. The van der Waals surface area contributed by atoms with Crippen LogP contribution in [-0.4, -0.2) is 39.1 Å². The number of aromatic nitrogens is 4. The average Bonchev–Trinajstić information content (AvgIpc) is 3.52. The first-order valence-corrected chi connectivity index (χ1v) is 11.9. The van der Waals surface area contributed by atoms with E-state index < -0.39 is 0 Å². The largest absolute Gasteiger partial charge is 0.497 e. The molecule has 2 N–H and O–H groups in total. The van der Waals surface area contributed by atoms with E-state index in [-0.39, 0.29) is 12.1 Å². The maximum Gasteiger partial charge on any atom is 0.321 e. The maximum atomic E-state index is 12.1. The highest BCUT2D eigenvalue weighted by molar-refractivity contribution is 7.19. The van der Waals surface area contributed by atoms with Crippen LogP contribution in [0.3, 0.4) is 0 Å². The van der Waals surface area contributed by atoms with Crippen molar-refractivity contribution < 1.29 is 9.53 Å². The summed E-state index contributed by atoms with van der Waals surface area (Å²) in [6.45, 7) is 0. The van der Waals surface area contributed by atoms with E-state index in [0.29, 0.717) is 49.4 Å². The first-order valence-electron chi connectivity index (χ1n) is 10.4. The van der Waals surface area contributed by atoms with Gasteiger partial charge in [-0.15, -0.1) is 0 Å². The maximum absolute atomic E-state index is 12.1. The van der Waals surface area contributed by atoms with Gasteiger partial charge in [0.15, 0.2) is 11.0 Å². The van der Waals surface area contributed by atoms with Crippen LogP contribution in [0.5, 0.6) is 5.75 Å². The third kappa shape index (κ3) is 4.96. The monoisotopic (exact) mass is 512 g/mol. The van der Waals surface area contributed by atoms with Crippen molar-refractivity contribution in [3.8, 4) is 39.1 Å². The molecule has 0 aliphatic heterocycles. The van der Waals surface area contributed by atoms with Gasteiger partial charge in [0, 0.05) is 24.0 Å². The van der Waals surface area contributed by atoms with Crippen molar-refractivity contribution in [3.63, 3.8) is 0 Å². The van der Waals surface area contributed by atoms with Crippen LogP contribution in [0.25, 0.3) is 33.3 Å². The Labute approximate surface area is 209 Å². The fraction of sp³-hybridized carbons (Fsp3) is 0.174. The Hall–Kier alpha value is -3.27. The van der Waals surface area contributed by atoms with Crippen LogP contribution in [0.1, 0.15) is 12.8 Å². The summed E-state index contributed by atoms with van der Waals surface area (Å²) in [5.41, 5.74) is 2.27. The number of hydrogen-bond acceptors (Lipinski definition) is 7. The lowest BCUT2D eigenvalue weighted by atomic mass is 10.1. The second-order valence-corrected chi connectivity index (χ2v) is 9.39. The fourth-order valence-corrected chi connectivity index (χ4v) is 4.65. The van der Waals surface area contributed by atoms with Gasteiger partial charge in [0.1, 0.15) is 11.4 Å². The Morgan fingerprint density at radius 2 is 1.82 bits per heavy atom. The molecule has 0 unspecified atom stereocenters. The summed E-state index contributed by atoms with van der Waals surface area (Å²) < 4.78 is 5.26. The van der Waals surface area contributed by atoms with Gasteiger partial charge in [-0.25, -0.2) is 19.7 Å². The Bertz CT molecular complexity index is 1340. The molecule has 11 heteroatoms. The summed E-state index contributed by atoms with van der Waals surface area (Å²) in [4.78, 5) is 30.9. The van der Waals surface area contributed by atoms with Gasteiger partial charge < -0.3 is 10.1 Å². The number of ether oxygens (including phenoxy) is 1. The summed E-state index contributed by atoms with van der Waals surface area (Å²) >= 11 is 14.4. The van der Waals surface area contributed by atoms with Crippen LogP contribution in [-0.2, 0) is 0 Å². The van der Waals surface area contributed by atoms with Crippen LogP contribution in [0, 0.1) is 0 Å². The van der Waals surface area contributed by atoms with E-state index in [4.69, 9.17) is 37.9 Å². The molecule has 172 valence electrons. The van der Waals surface area contributed by atoms with Crippen molar-refractivity contribution in [1.29, 1.82) is 0 Å². The minimum atomic E-state index is -0.266. The molecule has 3 heterocycles. The van der Waals surface area contributed by atoms with Crippen molar-refractivity contribution in [2.45, 2.75) is 18.9 Å². The lowest BCUT2D eigenvalue weighted by Gasteiger charge is -2.11. The topological polar surface area (TPSA) is 102 Å². The number of halogens is 2. The molecule has 0 saturated heterocycles. The zero-order valence-electron chi connectivity index (χ0n) is 17.9. The molecule has 1 aromatic carbocycles. The number of urea groups is 1. The second-order valence-electron chi connectivity index (χ2n) is 7.55. The SMILES string of the molecule is COc1cc(Cl)c(-c2cc(-c3cnc(NC(=O)NC4CC4)s3)nc(-c3ccccn3)n2)c(Cl)c1. The van der Waals surface area contributed by atoms with Crippen LogP contribution < -0.4 is 15.4 Å². The highest BCUT2D eigenvalue weighted by Crippen LogP contribution is 2.39. The quantitative estimate of drug-likeness (QED) is 0.332. The molecule has 4 aromatic rings. The van der Waals surface area contributed by atoms with Crippen molar-refractivity contribution >= 4 is 45.7 Å². The zero-order chi connectivity index (χ0) is 23.7. The highest BCUT2D eigenvalue weighted by Gasteiger charge is 2.24. The minimum absolute atomic E-state index is 0.253. The zero-order valence-corrected chi connectivity index (χ0v) is 20.2.